The van der Waals surface area contributed by atoms with Gasteiger partial charge in [-0.25, -0.2) is 0 Å². The van der Waals surface area contributed by atoms with Crippen LogP contribution in [0.3, 0.4) is 0 Å². The first-order chi connectivity index (χ1) is 3.81. The van der Waals surface area contributed by atoms with E-state index in [1.807, 2.05) is 19.1 Å². The maximum atomic E-state index is 8.16. The first kappa shape index (κ1) is 7.45. The lowest BCUT2D eigenvalue weighted by molar-refractivity contribution is 1.53. The Morgan fingerprint density at radius 1 is 1.75 bits per heavy atom. The van der Waals surface area contributed by atoms with Crippen molar-refractivity contribution < 1.29 is 0 Å². The lowest BCUT2D eigenvalue weighted by atomic mass is 10.5. The number of hydrogen-bond acceptors (Lipinski definition) is 1. The summed E-state index contributed by atoms with van der Waals surface area (Å²) in [6.07, 6.45) is 5.35. The molecule has 0 bridgehead atoms. The maximum Gasteiger partial charge on any atom is 0.107 e. The first-order valence-electron chi connectivity index (χ1n) is 2.20. The average molecular weight is 172 g/mol. The van der Waals surface area contributed by atoms with Crippen molar-refractivity contribution in [1.29, 1.82) is 5.26 Å². The highest BCUT2D eigenvalue weighted by Crippen LogP contribution is 2.00. The van der Waals surface area contributed by atoms with Crippen LogP contribution in [0, 0.1) is 11.3 Å². The zero-order valence-corrected chi connectivity index (χ0v) is 6.14. The Bertz CT molecular complexity index is 150. The fourth-order valence-electron chi connectivity index (χ4n) is 0.218. The van der Waals surface area contributed by atoms with E-state index in [0.717, 1.165) is 0 Å². The van der Waals surface area contributed by atoms with Gasteiger partial charge in [0.1, 0.15) is 6.07 Å². The molecule has 1 nitrogen and oxygen atoms in total. The molecule has 42 valence electrons. The van der Waals surface area contributed by atoms with Gasteiger partial charge < -0.3 is 0 Å². The van der Waals surface area contributed by atoms with Crippen LogP contribution in [0.2, 0.25) is 0 Å². The molecule has 0 aliphatic rings. The fourth-order valence-corrected chi connectivity index (χ4v) is 0.371. The van der Waals surface area contributed by atoms with E-state index in [-0.39, 0.29) is 0 Å². The molecule has 0 atom stereocenters. The molecule has 0 radical (unpaired) electrons. The van der Waals surface area contributed by atoms with Crippen LogP contribution >= 0.6 is 15.9 Å². The summed E-state index contributed by atoms with van der Waals surface area (Å²) in [5.74, 6) is 0. The Morgan fingerprint density at radius 3 is 2.75 bits per heavy atom. The Hall–Kier alpha value is -0.550. The number of nitrogens with zero attached hydrogens (tertiary/aromatic N) is 1. The number of halogens is 1. The van der Waals surface area contributed by atoms with Gasteiger partial charge in [-0.1, -0.05) is 12.2 Å². The number of rotatable bonds is 1. The molecule has 0 aromatic rings. The molecule has 2 heteroatoms. The summed E-state index contributed by atoms with van der Waals surface area (Å²) in [6.45, 7) is 1.90. The average Bonchev–Trinajstić information content (AvgIpc) is 1.83. The monoisotopic (exact) mass is 171 g/mol. The van der Waals surface area contributed by atoms with E-state index in [4.69, 9.17) is 5.26 Å². The Labute approximate surface area is 57.4 Å². The van der Waals surface area contributed by atoms with Gasteiger partial charge >= 0.3 is 0 Å². The van der Waals surface area contributed by atoms with Crippen LogP contribution in [-0.2, 0) is 0 Å². The second-order valence-corrected chi connectivity index (χ2v) is 2.01. The van der Waals surface area contributed by atoms with Crippen LogP contribution < -0.4 is 0 Å². The molecule has 8 heavy (non-hydrogen) atoms. The van der Waals surface area contributed by atoms with Gasteiger partial charge in [0.25, 0.3) is 0 Å². The van der Waals surface area contributed by atoms with E-state index < -0.39 is 0 Å². The summed E-state index contributed by atoms with van der Waals surface area (Å²) in [5.41, 5.74) is 0. The molecule has 0 aliphatic heterocycles. The van der Waals surface area contributed by atoms with Crippen molar-refractivity contribution in [3.05, 3.63) is 22.7 Å². The van der Waals surface area contributed by atoms with Gasteiger partial charge in [-0.3, -0.25) is 0 Å². The third-order valence-corrected chi connectivity index (χ3v) is 0.983. The Morgan fingerprint density at radius 2 is 2.38 bits per heavy atom. The van der Waals surface area contributed by atoms with Gasteiger partial charge in [0.05, 0.1) is 4.48 Å². The van der Waals surface area contributed by atoms with Crippen molar-refractivity contribution >= 4 is 15.9 Å². The molecule has 0 aromatic carbocycles. The van der Waals surface area contributed by atoms with Gasteiger partial charge in [0.2, 0.25) is 0 Å². The van der Waals surface area contributed by atoms with Crippen LogP contribution in [0.5, 0.6) is 0 Å². The summed E-state index contributed by atoms with van der Waals surface area (Å²) >= 11 is 3.03. The highest BCUT2D eigenvalue weighted by Gasteiger charge is 1.77. The number of allylic oxidation sites excluding steroid dienone is 4. The molecule has 0 saturated carbocycles. The van der Waals surface area contributed by atoms with Crippen LogP contribution in [-0.4, -0.2) is 0 Å². The largest absolute Gasteiger partial charge is 0.192 e. The molecule has 0 fully saturated rings. The van der Waals surface area contributed by atoms with Crippen LogP contribution in [0.4, 0.5) is 0 Å². The summed E-state index contributed by atoms with van der Waals surface area (Å²) < 4.78 is 0.551. The third-order valence-electron chi connectivity index (χ3n) is 0.542. The SMILES string of the molecule is C/C=C/C=C(\Br)C#N. The van der Waals surface area contributed by atoms with Crippen molar-refractivity contribution in [3.63, 3.8) is 0 Å². The normalized spacial score (nSPS) is 11.9. The topological polar surface area (TPSA) is 23.8 Å². The summed E-state index contributed by atoms with van der Waals surface area (Å²) in [7, 11) is 0. The smallest absolute Gasteiger partial charge is 0.107 e. The van der Waals surface area contributed by atoms with Gasteiger partial charge in [-0.05, 0) is 28.9 Å². The highest BCUT2D eigenvalue weighted by atomic mass is 79.9. The molecular weight excluding hydrogens is 166 g/mol. The lowest BCUT2D eigenvalue weighted by Gasteiger charge is -1.72. The zero-order valence-electron chi connectivity index (χ0n) is 4.56. The Balaban J connectivity index is 3.81. The molecule has 0 aromatic heterocycles. The Kier molecular flexibility index (Phi) is 4.29. The molecular formula is C6H6BrN. The molecule has 0 spiro atoms. The summed E-state index contributed by atoms with van der Waals surface area (Å²) in [5, 5.41) is 8.16. The van der Waals surface area contributed by atoms with Crippen molar-refractivity contribution in [2.75, 3.05) is 0 Å². The highest BCUT2D eigenvalue weighted by molar-refractivity contribution is 9.12. The molecule has 0 saturated heterocycles. The van der Waals surface area contributed by atoms with Crippen LogP contribution in [0.25, 0.3) is 0 Å². The van der Waals surface area contributed by atoms with E-state index in [1.165, 1.54) is 0 Å². The van der Waals surface area contributed by atoms with Crippen LogP contribution in [0.1, 0.15) is 6.92 Å². The minimum absolute atomic E-state index is 0.551. The molecule has 0 heterocycles. The lowest BCUT2D eigenvalue weighted by Crippen LogP contribution is -1.55. The van der Waals surface area contributed by atoms with E-state index in [9.17, 15) is 0 Å². The number of hydrogen-bond donors (Lipinski definition) is 0. The zero-order chi connectivity index (χ0) is 6.41. The van der Waals surface area contributed by atoms with Crippen LogP contribution in [0.15, 0.2) is 22.7 Å². The standard InChI is InChI=1S/C6H6BrN/c1-2-3-4-6(7)5-8/h2-4H,1H3/b3-2+,6-4-. The van der Waals surface area contributed by atoms with E-state index in [0.29, 0.717) is 4.48 Å². The minimum atomic E-state index is 0.551. The number of nitriles is 1. The third kappa shape index (κ3) is 3.63. The second-order valence-electron chi connectivity index (χ2n) is 1.15. The second kappa shape index (κ2) is 4.61. The quantitative estimate of drug-likeness (QED) is 0.440. The molecule has 0 N–H and O–H groups in total. The maximum absolute atomic E-state index is 8.16. The van der Waals surface area contributed by atoms with E-state index >= 15 is 0 Å². The van der Waals surface area contributed by atoms with Crippen molar-refractivity contribution in [2.24, 2.45) is 0 Å². The molecule has 0 rings (SSSR count). The van der Waals surface area contributed by atoms with Crippen molar-refractivity contribution in [2.45, 2.75) is 6.92 Å². The van der Waals surface area contributed by atoms with Gasteiger partial charge in [-0.2, -0.15) is 5.26 Å². The van der Waals surface area contributed by atoms with Gasteiger partial charge in [-0.15, -0.1) is 0 Å². The van der Waals surface area contributed by atoms with Crippen molar-refractivity contribution in [3.8, 4) is 6.07 Å². The first-order valence-corrected chi connectivity index (χ1v) is 2.99. The van der Waals surface area contributed by atoms with E-state index in [1.54, 1.807) is 12.2 Å². The van der Waals surface area contributed by atoms with Gasteiger partial charge in [0, 0.05) is 0 Å². The predicted octanol–water partition coefficient (Wildman–Crippen LogP) is 2.36. The minimum Gasteiger partial charge on any atom is -0.192 e. The summed E-state index contributed by atoms with van der Waals surface area (Å²) in [4.78, 5) is 0. The molecule has 0 aliphatic carbocycles. The predicted molar refractivity (Wildman–Crippen MR) is 37.4 cm³/mol. The van der Waals surface area contributed by atoms with Gasteiger partial charge in [0.15, 0.2) is 0 Å². The summed E-state index contributed by atoms with van der Waals surface area (Å²) in [6, 6.07) is 1.93. The fraction of sp³-hybridized carbons (Fsp3) is 0.167. The molecule has 0 unspecified atom stereocenters. The molecule has 0 amide bonds. The van der Waals surface area contributed by atoms with Crippen molar-refractivity contribution in [1.82, 2.24) is 0 Å². The van der Waals surface area contributed by atoms with E-state index in [2.05, 4.69) is 15.9 Å².